The molecule has 14 heteroatoms. The Bertz CT molecular complexity index is 1550. The third kappa shape index (κ3) is 5.56. The third-order valence-electron chi connectivity index (χ3n) is 6.70. The number of nitrogens with zero attached hydrogens (tertiary/aromatic N) is 5. The predicted octanol–water partition coefficient (Wildman–Crippen LogP) is 0.855. The minimum atomic E-state index is -1.84. The van der Waals surface area contributed by atoms with E-state index in [0.717, 1.165) is 0 Å². The standard InChI is InChI=1S/C27H27N7O7/c28-17(11-15-7-3-1-4-8-15)24(36)34(27(39)40-12-16-9-5-2-6-10-16)19-20(35)25(41-21(19)26(37)38)33-14-32-18-22(29)30-13-31-23(18)33/h1-10,13-14,17,19-21,25,35H,11-12,28H2,(H,37,38)(H2,29,30,31)/t17-,19-,20+,21-,25+/m0/s1. The van der Waals surface area contributed by atoms with Crippen molar-refractivity contribution in [1.82, 2.24) is 24.4 Å². The van der Waals surface area contributed by atoms with Gasteiger partial charge in [-0.05, 0) is 17.5 Å². The molecule has 2 amide bonds. The first-order valence-corrected chi connectivity index (χ1v) is 12.6. The zero-order chi connectivity index (χ0) is 29.1. The molecule has 2 aromatic heterocycles. The Morgan fingerprint density at radius 3 is 2.34 bits per heavy atom. The topological polar surface area (TPSA) is 209 Å². The lowest BCUT2D eigenvalue weighted by Gasteiger charge is -2.31. The van der Waals surface area contributed by atoms with Crippen LogP contribution in [0, 0.1) is 0 Å². The quantitative estimate of drug-likeness (QED) is 0.236. The average molecular weight is 562 g/mol. The van der Waals surface area contributed by atoms with E-state index < -0.39 is 48.5 Å². The number of anilines is 1. The summed E-state index contributed by atoms with van der Waals surface area (Å²) in [5, 5.41) is 21.5. The Labute approximate surface area is 233 Å². The Balaban J connectivity index is 1.49. The van der Waals surface area contributed by atoms with E-state index in [1.807, 2.05) is 0 Å². The second-order valence-electron chi connectivity index (χ2n) is 9.39. The second kappa shape index (κ2) is 11.7. The molecule has 0 aliphatic carbocycles. The largest absolute Gasteiger partial charge is 0.479 e. The van der Waals surface area contributed by atoms with Crippen LogP contribution in [0.2, 0.25) is 0 Å². The van der Waals surface area contributed by atoms with E-state index in [1.54, 1.807) is 60.7 Å². The number of nitrogen functional groups attached to an aromatic ring is 1. The van der Waals surface area contributed by atoms with Crippen molar-refractivity contribution in [1.29, 1.82) is 0 Å². The Hall–Kier alpha value is -4.92. The minimum Gasteiger partial charge on any atom is -0.479 e. The van der Waals surface area contributed by atoms with Crippen molar-refractivity contribution in [2.45, 2.75) is 43.5 Å². The number of ether oxygens (including phenoxy) is 2. The maximum Gasteiger partial charge on any atom is 0.417 e. The van der Waals surface area contributed by atoms with Crippen molar-refractivity contribution in [3.8, 4) is 0 Å². The summed E-state index contributed by atoms with van der Waals surface area (Å²) in [6, 6.07) is 14.5. The van der Waals surface area contributed by atoms with Gasteiger partial charge in [-0.3, -0.25) is 9.36 Å². The fourth-order valence-electron chi connectivity index (χ4n) is 4.72. The number of aliphatic hydroxyl groups excluding tert-OH is 1. The van der Waals surface area contributed by atoms with Crippen molar-refractivity contribution in [3.05, 3.63) is 84.4 Å². The van der Waals surface area contributed by atoms with Gasteiger partial charge in [-0.2, -0.15) is 0 Å². The van der Waals surface area contributed by atoms with Gasteiger partial charge in [-0.25, -0.2) is 29.4 Å². The number of rotatable bonds is 8. The maximum atomic E-state index is 13.7. The van der Waals surface area contributed by atoms with Crippen LogP contribution in [0.15, 0.2) is 73.3 Å². The number of aromatic nitrogens is 4. The molecule has 3 heterocycles. The molecule has 1 fully saturated rings. The molecule has 14 nitrogen and oxygen atoms in total. The molecule has 6 N–H and O–H groups in total. The summed E-state index contributed by atoms with van der Waals surface area (Å²) in [5.41, 5.74) is 13.8. The number of carboxylic acids is 1. The summed E-state index contributed by atoms with van der Waals surface area (Å²) in [5.74, 6) is -2.42. The molecule has 212 valence electrons. The molecular formula is C27H27N7O7. The van der Waals surface area contributed by atoms with Crippen LogP contribution in [0.25, 0.3) is 11.2 Å². The fraction of sp³-hybridized carbons (Fsp3) is 0.259. The number of imidazole rings is 1. The number of carbonyl (C=O) groups excluding carboxylic acids is 2. The van der Waals surface area contributed by atoms with Gasteiger partial charge in [0.1, 0.15) is 30.6 Å². The van der Waals surface area contributed by atoms with Gasteiger partial charge in [0.15, 0.2) is 23.8 Å². The highest BCUT2D eigenvalue weighted by molar-refractivity contribution is 5.96. The van der Waals surface area contributed by atoms with Crippen LogP contribution < -0.4 is 11.5 Å². The molecular weight excluding hydrogens is 534 g/mol. The Morgan fingerprint density at radius 2 is 1.68 bits per heavy atom. The van der Waals surface area contributed by atoms with Crippen LogP contribution in [0.1, 0.15) is 17.4 Å². The average Bonchev–Trinajstić information content (AvgIpc) is 3.55. The lowest BCUT2D eigenvalue weighted by atomic mass is 10.0. The normalized spacial score (nSPS) is 20.9. The first kappa shape index (κ1) is 27.6. The first-order valence-electron chi connectivity index (χ1n) is 12.6. The van der Waals surface area contributed by atoms with Crippen molar-refractivity contribution >= 4 is 35.0 Å². The summed E-state index contributed by atoms with van der Waals surface area (Å²) in [4.78, 5) is 52.2. The number of imide groups is 1. The van der Waals surface area contributed by atoms with Crippen LogP contribution in [0.3, 0.4) is 0 Å². The number of hydrogen-bond donors (Lipinski definition) is 4. The number of benzene rings is 2. The number of nitrogens with two attached hydrogens (primary N) is 2. The number of carbonyl (C=O) groups is 3. The van der Waals surface area contributed by atoms with Gasteiger partial charge in [0.05, 0.1) is 12.4 Å². The molecule has 0 radical (unpaired) electrons. The second-order valence-corrected chi connectivity index (χ2v) is 9.39. The minimum absolute atomic E-state index is 0.0370. The maximum absolute atomic E-state index is 13.7. The van der Waals surface area contributed by atoms with Crippen molar-refractivity contribution in [2.24, 2.45) is 5.73 Å². The number of aliphatic carboxylic acids is 1. The lowest BCUT2D eigenvalue weighted by molar-refractivity contribution is -0.154. The molecule has 5 rings (SSSR count). The molecule has 0 unspecified atom stereocenters. The number of amides is 2. The highest BCUT2D eigenvalue weighted by Crippen LogP contribution is 2.35. The molecule has 5 atom stereocenters. The first-order chi connectivity index (χ1) is 19.8. The van der Waals surface area contributed by atoms with Crippen LogP contribution in [-0.4, -0.2) is 76.9 Å². The predicted molar refractivity (Wildman–Crippen MR) is 143 cm³/mol. The van der Waals surface area contributed by atoms with Crippen molar-refractivity contribution in [2.75, 3.05) is 5.73 Å². The number of fused-ring (bicyclic) bond motifs is 1. The molecule has 0 bridgehead atoms. The van der Waals surface area contributed by atoms with Gasteiger partial charge in [0.2, 0.25) is 5.91 Å². The smallest absolute Gasteiger partial charge is 0.417 e. The molecule has 0 saturated carbocycles. The summed E-state index contributed by atoms with van der Waals surface area (Å²) < 4.78 is 12.4. The monoisotopic (exact) mass is 561 g/mol. The van der Waals surface area contributed by atoms with Gasteiger partial charge < -0.3 is 31.2 Å². The summed E-state index contributed by atoms with van der Waals surface area (Å²) in [6.45, 7) is -0.218. The van der Waals surface area contributed by atoms with E-state index >= 15 is 0 Å². The van der Waals surface area contributed by atoms with Gasteiger partial charge in [0, 0.05) is 0 Å². The molecule has 4 aromatic rings. The molecule has 41 heavy (non-hydrogen) atoms. The number of hydrogen-bond acceptors (Lipinski definition) is 11. The molecule has 1 aliphatic heterocycles. The highest BCUT2D eigenvalue weighted by atomic mass is 16.6. The SMILES string of the molecule is Nc1ncnc2c1ncn2[C@@H]1O[C@H](C(=O)O)[C@@H](N(C(=O)OCc2ccccc2)C(=O)[C@@H](N)Cc2ccccc2)[C@H]1O. The van der Waals surface area contributed by atoms with E-state index in [-0.39, 0.29) is 30.0 Å². The highest BCUT2D eigenvalue weighted by Gasteiger charge is 2.55. The Morgan fingerprint density at radius 1 is 1.02 bits per heavy atom. The molecule has 1 aliphatic rings. The van der Waals surface area contributed by atoms with Crippen LogP contribution >= 0.6 is 0 Å². The van der Waals surface area contributed by atoms with E-state index in [2.05, 4.69) is 15.0 Å². The van der Waals surface area contributed by atoms with Gasteiger partial charge >= 0.3 is 12.1 Å². The van der Waals surface area contributed by atoms with Crippen LogP contribution in [0.5, 0.6) is 0 Å². The fourth-order valence-corrected chi connectivity index (χ4v) is 4.72. The van der Waals surface area contributed by atoms with Crippen LogP contribution in [0.4, 0.5) is 10.6 Å². The molecule has 0 spiro atoms. The number of carboxylic acid groups (broad SMARTS) is 1. The molecule has 1 saturated heterocycles. The molecule has 2 aromatic carbocycles. The van der Waals surface area contributed by atoms with Gasteiger partial charge in [-0.15, -0.1) is 0 Å². The summed E-state index contributed by atoms with van der Waals surface area (Å²) >= 11 is 0. The van der Waals surface area contributed by atoms with Crippen molar-refractivity contribution in [3.63, 3.8) is 0 Å². The van der Waals surface area contributed by atoms with Gasteiger partial charge in [0.25, 0.3) is 0 Å². The Kier molecular flexibility index (Phi) is 7.87. The van der Waals surface area contributed by atoms with E-state index in [1.165, 1.54) is 17.2 Å². The van der Waals surface area contributed by atoms with E-state index in [4.69, 9.17) is 20.9 Å². The zero-order valence-corrected chi connectivity index (χ0v) is 21.6. The lowest BCUT2D eigenvalue weighted by Crippen LogP contribution is -2.59. The summed E-state index contributed by atoms with van der Waals surface area (Å²) in [7, 11) is 0. The number of aliphatic hydroxyl groups is 1. The van der Waals surface area contributed by atoms with Crippen molar-refractivity contribution < 1.29 is 34.1 Å². The summed E-state index contributed by atoms with van der Waals surface area (Å²) in [6.07, 6.45) is -3.75. The van der Waals surface area contributed by atoms with E-state index in [9.17, 15) is 24.6 Å². The van der Waals surface area contributed by atoms with Gasteiger partial charge in [-0.1, -0.05) is 60.7 Å². The third-order valence-corrected chi connectivity index (χ3v) is 6.70. The van der Waals surface area contributed by atoms with E-state index in [0.29, 0.717) is 16.0 Å². The van der Waals surface area contributed by atoms with Crippen LogP contribution in [-0.2, 0) is 32.1 Å². The zero-order valence-electron chi connectivity index (χ0n) is 21.6.